The van der Waals surface area contributed by atoms with Gasteiger partial charge in [-0.05, 0) is 37.1 Å². The van der Waals surface area contributed by atoms with Gasteiger partial charge in [0.15, 0.2) is 6.61 Å². The molecule has 1 aliphatic rings. The van der Waals surface area contributed by atoms with Crippen LogP contribution in [0.1, 0.15) is 23.2 Å². The SMILES string of the molecule is O=C(COC(=O)c1ccccc1Nc1ccccc1)NCC1CCCO1. The summed E-state index contributed by atoms with van der Waals surface area (Å²) in [5.41, 5.74) is 1.87. The molecule has 1 fully saturated rings. The van der Waals surface area contributed by atoms with Crippen LogP contribution in [0.25, 0.3) is 0 Å². The minimum absolute atomic E-state index is 0.0606. The number of hydrogen-bond acceptors (Lipinski definition) is 5. The average Bonchev–Trinajstić information content (AvgIpc) is 3.19. The fraction of sp³-hybridized carbons (Fsp3) is 0.300. The standard InChI is InChI=1S/C20H22N2O4/c23-19(21-13-16-9-6-12-25-16)14-26-20(24)17-10-4-5-11-18(17)22-15-7-2-1-3-8-15/h1-5,7-8,10-11,16,22H,6,9,12-14H2,(H,21,23). The molecule has 0 radical (unpaired) electrons. The number of rotatable bonds is 7. The highest BCUT2D eigenvalue weighted by Crippen LogP contribution is 2.21. The molecule has 1 atom stereocenters. The second-order valence-corrected chi connectivity index (χ2v) is 6.05. The van der Waals surface area contributed by atoms with E-state index in [4.69, 9.17) is 9.47 Å². The molecule has 6 heteroatoms. The van der Waals surface area contributed by atoms with Crippen molar-refractivity contribution < 1.29 is 19.1 Å². The number of benzene rings is 2. The summed E-state index contributed by atoms with van der Waals surface area (Å²) in [6.07, 6.45) is 2.02. The Balaban J connectivity index is 1.53. The molecule has 6 nitrogen and oxygen atoms in total. The maximum absolute atomic E-state index is 12.4. The van der Waals surface area contributed by atoms with Crippen LogP contribution in [0.2, 0.25) is 0 Å². The van der Waals surface area contributed by atoms with Gasteiger partial charge in [0.2, 0.25) is 0 Å². The summed E-state index contributed by atoms with van der Waals surface area (Å²) in [4.78, 5) is 24.2. The Kier molecular flexibility index (Phi) is 6.22. The molecular weight excluding hydrogens is 332 g/mol. The molecule has 3 rings (SSSR count). The summed E-state index contributed by atoms with van der Waals surface area (Å²) in [7, 11) is 0. The molecule has 136 valence electrons. The van der Waals surface area contributed by atoms with Crippen LogP contribution in [0.5, 0.6) is 0 Å². The summed E-state index contributed by atoms with van der Waals surface area (Å²) in [6, 6.07) is 16.6. The predicted octanol–water partition coefficient (Wildman–Crippen LogP) is 2.88. The number of carbonyl (C=O) groups excluding carboxylic acids is 2. The van der Waals surface area contributed by atoms with Gasteiger partial charge in [-0.2, -0.15) is 0 Å². The van der Waals surface area contributed by atoms with Crippen LogP contribution in [0, 0.1) is 0 Å². The summed E-state index contributed by atoms with van der Waals surface area (Å²) in [6.45, 7) is 0.870. The van der Waals surface area contributed by atoms with Gasteiger partial charge < -0.3 is 20.1 Å². The van der Waals surface area contributed by atoms with Gasteiger partial charge in [-0.15, -0.1) is 0 Å². The molecule has 0 spiro atoms. The van der Waals surface area contributed by atoms with Crippen molar-refractivity contribution in [2.75, 3.05) is 25.1 Å². The predicted molar refractivity (Wildman–Crippen MR) is 98.4 cm³/mol. The van der Waals surface area contributed by atoms with E-state index in [1.807, 2.05) is 36.4 Å². The lowest BCUT2D eigenvalue weighted by molar-refractivity contribution is -0.124. The quantitative estimate of drug-likeness (QED) is 0.748. The molecule has 1 amide bonds. The Morgan fingerprint density at radius 2 is 1.85 bits per heavy atom. The van der Waals surface area contributed by atoms with Crippen LogP contribution in [0.4, 0.5) is 11.4 Å². The van der Waals surface area contributed by atoms with Gasteiger partial charge >= 0.3 is 5.97 Å². The van der Waals surface area contributed by atoms with E-state index in [1.54, 1.807) is 18.2 Å². The zero-order chi connectivity index (χ0) is 18.2. The number of ether oxygens (including phenoxy) is 2. The maximum Gasteiger partial charge on any atom is 0.340 e. The van der Waals surface area contributed by atoms with Gasteiger partial charge in [-0.1, -0.05) is 30.3 Å². The number of amides is 1. The first-order valence-electron chi connectivity index (χ1n) is 8.69. The first-order chi connectivity index (χ1) is 12.7. The number of hydrogen-bond donors (Lipinski definition) is 2. The van der Waals surface area contributed by atoms with Crippen molar-refractivity contribution in [3.8, 4) is 0 Å². The van der Waals surface area contributed by atoms with Gasteiger partial charge in [0.25, 0.3) is 5.91 Å². The molecule has 2 N–H and O–H groups in total. The Morgan fingerprint density at radius 3 is 2.62 bits per heavy atom. The Morgan fingerprint density at radius 1 is 1.08 bits per heavy atom. The Hall–Kier alpha value is -2.86. The molecule has 2 aromatic carbocycles. The van der Waals surface area contributed by atoms with E-state index in [0.29, 0.717) is 17.8 Å². The molecule has 0 aromatic heterocycles. The first-order valence-corrected chi connectivity index (χ1v) is 8.69. The van der Waals surface area contributed by atoms with Crippen LogP contribution >= 0.6 is 0 Å². The summed E-state index contributed by atoms with van der Waals surface area (Å²) < 4.78 is 10.6. The normalized spacial score (nSPS) is 16.1. The molecule has 0 bridgehead atoms. The van der Waals surface area contributed by atoms with Crippen molar-refractivity contribution in [2.24, 2.45) is 0 Å². The van der Waals surface area contributed by atoms with Gasteiger partial charge in [0, 0.05) is 18.8 Å². The van der Waals surface area contributed by atoms with Crippen molar-refractivity contribution in [2.45, 2.75) is 18.9 Å². The van der Waals surface area contributed by atoms with Crippen molar-refractivity contribution in [3.63, 3.8) is 0 Å². The number of anilines is 2. The van der Waals surface area contributed by atoms with Gasteiger partial charge in [0.05, 0.1) is 17.4 Å². The summed E-state index contributed by atoms with van der Waals surface area (Å²) in [5.74, 6) is -0.876. The monoisotopic (exact) mass is 354 g/mol. The zero-order valence-corrected chi connectivity index (χ0v) is 14.4. The smallest absolute Gasteiger partial charge is 0.340 e. The first kappa shape index (κ1) is 17.9. The van der Waals surface area contributed by atoms with Crippen LogP contribution in [0.3, 0.4) is 0 Å². The van der Waals surface area contributed by atoms with Crippen molar-refractivity contribution in [3.05, 3.63) is 60.2 Å². The van der Waals surface area contributed by atoms with E-state index < -0.39 is 5.97 Å². The Labute approximate surface area is 152 Å². The number of carbonyl (C=O) groups is 2. The fourth-order valence-electron chi connectivity index (χ4n) is 2.74. The number of nitrogens with one attached hydrogen (secondary N) is 2. The van der Waals surface area contributed by atoms with E-state index in [9.17, 15) is 9.59 Å². The minimum Gasteiger partial charge on any atom is -0.452 e. The number of esters is 1. The molecule has 1 heterocycles. The summed E-state index contributed by atoms with van der Waals surface area (Å²) >= 11 is 0. The lowest BCUT2D eigenvalue weighted by Crippen LogP contribution is -2.34. The highest BCUT2D eigenvalue weighted by atomic mass is 16.5. The molecule has 0 saturated carbocycles. The zero-order valence-electron chi connectivity index (χ0n) is 14.4. The Bertz CT molecular complexity index is 742. The van der Waals surface area contributed by atoms with Crippen LogP contribution in [-0.2, 0) is 14.3 Å². The van der Waals surface area contributed by atoms with E-state index in [1.165, 1.54) is 0 Å². The third-order valence-electron chi connectivity index (χ3n) is 4.09. The third-order valence-corrected chi connectivity index (χ3v) is 4.09. The molecule has 1 unspecified atom stereocenters. The largest absolute Gasteiger partial charge is 0.452 e. The van der Waals surface area contributed by atoms with Crippen molar-refractivity contribution in [1.29, 1.82) is 0 Å². The second kappa shape index (κ2) is 9.01. The average molecular weight is 354 g/mol. The lowest BCUT2D eigenvalue weighted by Gasteiger charge is -2.13. The van der Waals surface area contributed by atoms with Crippen LogP contribution in [-0.4, -0.2) is 37.7 Å². The fourth-order valence-corrected chi connectivity index (χ4v) is 2.74. The topological polar surface area (TPSA) is 76.7 Å². The maximum atomic E-state index is 12.4. The van der Waals surface area contributed by atoms with E-state index in [0.717, 1.165) is 25.1 Å². The molecule has 26 heavy (non-hydrogen) atoms. The number of para-hydroxylation sites is 2. The third kappa shape index (κ3) is 5.07. The lowest BCUT2D eigenvalue weighted by atomic mass is 10.1. The van der Waals surface area contributed by atoms with Crippen molar-refractivity contribution in [1.82, 2.24) is 5.32 Å². The van der Waals surface area contributed by atoms with Crippen LogP contribution < -0.4 is 10.6 Å². The van der Waals surface area contributed by atoms with Crippen LogP contribution in [0.15, 0.2) is 54.6 Å². The van der Waals surface area contributed by atoms with Gasteiger partial charge in [0.1, 0.15) is 0 Å². The summed E-state index contributed by atoms with van der Waals surface area (Å²) in [5, 5.41) is 5.91. The molecule has 1 saturated heterocycles. The highest BCUT2D eigenvalue weighted by molar-refractivity contribution is 5.97. The van der Waals surface area contributed by atoms with E-state index in [2.05, 4.69) is 10.6 Å². The highest BCUT2D eigenvalue weighted by Gasteiger charge is 2.18. The molecule has 0 aliphatic carbocycles. The second-order valence-electron chi connectivity index (χ2n) is 6.05. The molecule has 1 aliphatic heterocycles. The minimum atomic E-state index is -0.545. The van der Waals surface area contributed by atoms with Gasteiger partial charge in [-0.3, -0.25) is 4.79 Å². The molecular formula is C20H22N2O4. The van der Waals surface area contributed by atoms with Gasteiger partial charge in [-0.25, -0.2) is 4.79 Å². The van der Waals surface area contributed by atoms with E-state index >= 15 is 0 Å². The van der Waals surface area contributed by atoms with Crippen molar-refractivity contribution >= 4 is 23.3 Å². The molecule has 2 aromatic rings. The van der Waals surface area contributed by atoms with E-state index in [-0.39, 0.29) is 18.6 Å².